The fourth-order valence-electron chi connectivity index (χ4n) is 13.2. The van der Waals surface area contributed by atoms with Gasteiger partial charge in [-0.05, 0) is 143 Å². The molecular weight excluding hydrogens is 1180 g/mol. The summed E-state index contributed by atoms with van der Waals surface area (Å²) in [6, 6.07) is 31.5. The van der Waals surface area contributed by atoms with E-state index in [1.165, 1.54) is 29.9 Å². The second-order valence-corrected chi connectivity index (χ2v) is 31.2. The molecule has 1 amide bonds. The molecule has 3 saturated heterocycles. The van der Waals surface area contributed by atoms with Gasteiger partial charge < -0.3 is 63.8 Å². The molecule has 0 unspecified atom stereocenters. The van der Waals surface area contributed by atoms with Gasteiger partial charge in [-0.3, -0.25) is 9.59 Å². The molecule has 3 aliphatic rings. The van der Waals surface area contributed by atoms with Gasteiger partial charge in [0.15, 0.2) is 12.6 Å². The number of cyclic esters (lactones) is 1. The van der Waals surface area contributed by atoms with Gasteiger partial charge in [0.05, 0.1) is 53.7 Å². The Bertz CT molecular complexity index is 2500. The zero-order chi connectivity index (χ0) is 65.2. The normalized spacial score (nSPS) is 35.2. The number of benzene rings is 3. The number of nitrogens with zero attached hydrogens (tertiary/aromatic N) is 2. The number of carbonyl (C=O) groups is 2. The van der Waals surface area contributed by atoms with E-state index in [1.54, 1.807) is 53.4 Å². The Hall–Kier alpha value is -3.40. The third-order valence-electron chi connectivity index (χ3n) is 18.0. The van der Waals surface area contributed by atoms with Gasteiger partial charge >= 0.3 is 39.0 Å². The predicted octanol–water partition coefficient (Wildman–Crippen LogP) is 10.9. The Kier molecular flexibility index (Phi) is 25.6. The molecule has 0 saturated carbocycles. The topological polar surface area (TPSA) is 197 Å². The van der Waals surface area contributed by atoms with E-state index in [0.29, 0.717) is 12.8 Å². The van der Waals surface area contributed by atoms with Crippen LogP contribution in [0.1, 0.15) is 140 Å². The van der Waals surface area contributed by atoms with Crippen LogP contribution in [0.3, 0.4) is 0 Å². The van der Waals surface area contributed by atoms with Gasteiger partial charge in [0.2, 0.25) is 5.91 Å². The predicted molar refractivity (Wildman–Crippen MR) is 329 cm³/mol. The van der Waals surface area contributed by atoms with E-state index in [0.717, 1.165) is 38.3 Å². The fraction of sp³-hybridized carbons (Fsp3) is 0.688. The van der Waals surface area contributed by atoms with E-state index in [-0.39, 0.29) is 50.3 Å². The molecular formula is C64H100F6N2O13P2. The van der Waals surface area contributed by atoms with Crippen molar-refractivity contribution in [2.75, 3.05) is 33.9 Å². The molecule has 0 bridgehead atoms. The van der Waals surface area contributed by atoms with Crippen LogP contribution in [0.5, 0.6) is 0 Å². The average Bonchev–Trinajstić information content (AvgIpc) is 1.39. The van der Waals surface area contributed by atoms with Crippen molar-refractivity contribution in [2.24, 2.45) is 17.8 Å². The van der Waals surface area contributed by atoms with Crippen molar-refractivity contribution >= 4 is 42.9 Å². The molecule has 3 aromatic rings. The van der Waals surface area contributed by atoms with Crippen molar-refractivity contribution in [1.82, 2.24) is 9.80 Å². The summed E-state index contributed by atoms with van der Waals surface area (Å²) in [6.45, 7) is 17.4. The molecule has 3 aliphatic heterocycles. The molecule has 23 heteroatoms. The first kappa shape index (κ1) is 74.3. The maximum atomic E-state index is 14.7. The monoisotopic (exact) mass is 1280 g/mol. The molecule has 3 fully saturated rings. The number of rotatable bonds is 19. The fourth-order valence-corrected chi connectivity index (χ4v) is 17.6. The molecule has 15 nitrogen and oxygen atoms in total. The summed E-state index contributed by atoms with van der Waals surface area (Å²) in [7, 11) is -7.33. The molecule has 18 atom stereocenters. The number of carbonyl (C=O) groups excluding carboxylic acids is 2. The Balaban J connectivity index is 0.00000185. The van der Waals surface area contributed by atoms with Crippen LogP contribution in [-0.4, -0.2) is 171 Å². The molecule has 496 valence electrons. The van der Waals surface area contributed by atoms with E-state index in [2.05, 4.69) is 91.0 Å². The third kappa shape index (κ3) is 20.5. The van der Waals surface area contributed by atoms with Gasteiger partial charge in [-0.2, -0.15) is 0 Å². The number of hydrogen-bond donors (Lipinski definition) is 5. The first-order valence-corrected chi connectivity index (χ1v) is 34.7. The number of ether oxygens (including phenoxy) is 6. The first-order chi connectivity index (χ1) is 40.3. The van der Waals surface area contributed by atoms with E-state index in [9.17, 15) is 60.3 Å². The second kappa shape index (κ2) is 29.9. The van der Waals surface area contributed by atoms with Crippen molar-refractivity contribution in [2.45, 2.75) is 230 Å². The molecule has 6 rings (SSSR count). The first-order valence-electron chi connectivity index (χ1n) is 30.7. The standard InChI is InChI=1S/C64H100N2O13P.F6P/c1-14-52-64(10,73)57(69)46(6)66(53(67)36-28-17-15-16-18-29-37-80(48-30-22-19-23-31-48,49-32-24-20-25-33-49)50-34-26-21-27-35-50)41-42(2)39-62(8,72)59(79-61-55(68)51(65(11)12)38-43(3)75-61)44(4)56(45(5)60(71)77-52)78-54-40-63(9,74-13)58(70)47(7)76-54;1-7(2,3,4,5)6/h19-27,30-35,42-47,51-52,54-59,61,68-70,72-73H,14-18,28-29,36-41H2,1-13H3;/q+1;-1/t42-,43-,44+,45-,46-,47+,51+,52-,54+,55-,56+,57-,58+,59-,61+,62-,63-,64-;/m1./s1. The van der Waals surface area contributed by atoms with Crippen LogP contribution in [0.15, 0.2) is 91.0 Å². The quantitative estimate of drug-likeness (QED) is 0.0329. The summed E-state index contributed by atoms with van der Waals surface area (Å²) in [5.41, 5.74) is -4.81. The summed E-state index contributed by atoms with van der Waals surface area (Å²) in [4.78, 5) is 32.9. The van der Waals surface area contributed by atoms with Crippen molar-refractivity contribution < 1.29 is 88.7 Å². The van der Waals surface area contributed by atoms with Crippen molar-refractivity contribution in [3.05, 3.63) is 91.0 Å². The molecule has 87 heavy (non-hydrogen) atoms. The van der Waals surface area contributed by atoms with Crippen LogP contribution >= 0.6 is 15.1 Å². The number of esters is 1. The SMILES string of the molecule is CC[C@H]1OC(=O)[C@H](C)[C@@H](O[C@H]2C[C@@](C)(OC)[C@@H](O)[C@H](C)O2)[C@H](C)[C@@H](O[C@@H]2O[C@H](C)C[C@H](N(C)C)[C@H]2O)[C@](C)(O)C[C@@H](C)CN(C(=O)CCCCCCCC[P+](c2ccccc2)(c2ccccc2)c2ccccc2)[C@H](C)[C@@H](O)[C@]1(C)O.F[P-](F)(F)(F)(F)F. The number of amides is 1. The number of halogens is 6. The van der Waals surface area contributed by atoms with Crippen LogP contribution < -0.4 is 15.9 Å². The summed E-state index contributed by atoms with van der Waals surface area (Å²) >= 11 is 0. The van der Waals surface area contributed by atoms with Gasteiger partial charge in [-0.25, -0.2) is 0 Å². The van der Waals surface area contributed by atoms with E-state index in [1.807, 2.05) is 32.8 Å². The number of methoxy groups -OCH3 is 1. The molecule has 0 aliphatic carbocycles. The summed E-state index contributed by atoms with van der Waals surface area (Å²) < 4.78 is 97.5. The van der Waals surface area contributed by atoms with Gasteiger partial charge in [0, 0.05) is 38.5 Å². The van der Waals surface area contributed by atoms with Crippen molar-refractivity contribution in [3.63, 3.8) is 0 Å². The zero-order valence-corrected chi connectivity index (χ0v) is 54.9. The third-order valence-corrected chi connectivity index (χ3v) is 22.5. The molecule has 5 N–H and O–H groups in total. The van der Waals surface area contributed by atoms with Gasteiger partial charge in [0.1, 0.15) is 53.2 Å². The number of likely N-dealkylation sites (N-methyl/N-ethyl adjacent to an activating group) is 1. The van der Waals surface area contributed by atoms with Crippen LogP contribution in [0.2, 0.25) is 0 Å². The van der Waals surface area contributed by atoms with Gasteiger partial charge in [-0.1, -0.05) is 94.6 Å². The van der Waals surface area contributed by atoms with E-state index in [4.69, 9.17) is 28.4 Å². The Morgan fingerprint density at radius 2 is 1.23 bits per heavy atom. The molecule has 0 radical (unpaired) electrons. The maximum absolute atomic E-state index is 14.7. The minimum absolute atomic E-state index is 0.0664. The summed E-state index contributed by atoms with van der Waals surface area (Å²) in [5.74, 6) is -3.30. The minimum atomic E-state index is -10.7. The zero-order valence-electron chi connectivity index (χ0n) is 53.1. The van der Waals surface area contributed by atoms with E-state index < -0.39 is 117 Å². The number of unbranched alkanes of at least 4 members (excludes halogenated alkanes) is 5. The molecule has 3 heterocycles. The molecule has 0 spiro atoms. The van der Waals surface area contributed by atoms with Crippen molar-refractivity contribution in [3.8, 4) is 0 Å². The van der Waals surface area contributed by atoms with Gasteiger partial charge in [0.25, 0.3) is 0 Å². The van der Waals surface area contributed by atoms with Crippen LogP contribution in [0, 0.1) is 17.8 Å². The molecule has 0 aromatic heterocycles. The van der Waals surface area contributed by atoms with Crippen LogP contribution in [0.25, 0.3) is 0 Å². The van der Waals surface area contributed by atoms with Gasteiger partial charge in [-0.15, -0.1) is 0 Å². The average molecular weight is 1280 g/mol. The number of hydrogen-bond acceptors (Lipinski definition) is 14. The van der Waals surface area contributed by atoms with Crippen LogP contribution in [0.4, 0.5) is 25.2 Å². The Labute approximate surface area is 512 Å². The summed E-state index contributed by atoms with van der Waals surface area (Å²) in [5, 5.41) is 64.7. The van der Waals surface area contributed by atoms with Crippen molar-refractivity contribution in [1.29, 1.82) is 0 Å². The van der Waals surface area contributed by atoms with Crippen LogP contribution in [-0.2, 0) is 38.0 Å². The van der Waals surface area contributed by atoms with E-state index >= 15 is 0 Å². The Morgan fingerprint density at radius 3 is 1.71 bits per heavy atom. The molecule has 3 aromatic carbocycles. The number of aliphatic hydroxyl groups is 5. The Morgan fingerprint density at radius 1 is 0.736 bits per heavy atom. The number of aliphatic hydroxyl groups excluding tert-OH is 3. The second-order valence-electron chi connectivity index (χ2n) is 25.6. The summed E-state index contributed by atoms with van der Waals surface area (Å²) in [6.07, 6.45) is -2.76.